The van der Waals surface area contributed by atoms with E-state index < -0.39 is 0 Å². The van der Waals surface area contributed by atoms with E-state index in [2.05, 4.69) is 0 Å². The summed E-state index contributed by atoms with van der Waals surface area (Å²) in [5, 5.41) is 19.1. The first-order valence-electron chi connectivity index (χ1n) is 5.87. The third-order valence-electron chi connectivity index (χ3n) is 2.48. The highest BCUT2D eigenvalue weighted by Gasteiger charge is 2.08. The van der Waals surface area contributed by atoms with E-state index in [1.54, 1.807) is 6.07 Å². The maximum absolute atomic E-state index is 10.4. The van der Waals surface area contributed by atoms with Gasteiger partial charge >= 0.3 is 0 Å². The van der Waals surface area contributed by atoms with Gasteiger partial charge in [-0.05, 0) is 19.1 Å². The lowest BCUT2D eigenvalue weighted by Gasteiger charge is -2.21. The summed E-state index contributed by atoms with van der Waals surface area (Å²) in [6.07, 6.45) is 0. The highest BCUT2D eigenvalue weighted by Crippen LogP contribution is 2.20. The SMILES string of the molecule is CCN(CC[N+](=O)[O-])c1cccc(OCCO)c1.O. The molecule has 0 fully saturated rings. The number of aliphatic hydroxyl groups is 1. The first-order chi connectivity index (χ1) is 8.67. The van der Waals surface area contributed by atoms with Gasteiger partial charge in [0.2, 0.25) is 6.54 Å². The van der Waals surface area contributed by atoms with Gasteiger partial charge < -0.3 is 20.2 Å². The number of likely N-dealkylation sites (N-methyl/N-ethyl adjacent to an activating group) is 1. The van der Waals surface area contributed by atoms with Crippen molar-refractivity contribution in [3.8, 4) is 5.75 Å². The number of anilines is 1. The van der Waals surface area contributed by atoms with E-state index in [0.29, 0.717) is 18.8 Å². The monoisotopic (exact) mass is 272 g/mol. The van der Waals surface area contributed by atoms with Crippen LogP contribution in [0.3, 0.4) is 0 Å². The van der Waals surface area contributed by atoms with E-state index in [0.717, 1.165) is 5.69 Å². The van der Waals surface area contributed by atoms with Crippen LogP contribution in [0.1, 0.15) is 6.92 Å². The lowest BCUT2D eigenvalue weighted by molar-refractivity contribution is -0.477. The molecule has 0 heterocycles. The van der Waals surface area contributed by atoms with Gasteiger partial charge in [-0.1, -0.05) is 6.07 Å². The van der Waals surface area contributed by atoms with Crippen LogP contribution in [0, 0.1) is 10.1 Å². The summed E-state index contributed by atoms with van der Waals surface area (Å²) in [5.74, 6) is 0.654. The van der Waals surface area contributed by atoms with Crippen molar-refractivity contribution in [2.75, 3.05) is 37.7 Å². The molecule has 108 valence electrons. The predicted octanol–water partition coefficient (Wildman–Crippen LogP) is 0.336. The predicted molar refractivity (Wildman–Crippen MR) is 72.4 cm³/mol. The molecule has 0 aliphatic rings. The van der Waals surface area contributed by atoms with Gasteiger partial charge in [0.25, 0.3) is 0 Å². The molecule has 0 radical (unpaired) electrons. The number of hydrogen-bond donors (Lipinski definition) is 1. The van der Waals surface area contributed by atoms with Gasteiger partial charge in [0.1, 0.15) is 12.4 Å². The van der Waals surface area contributed by atoms with Gasteiger partial charge in [-0.15, -0.1) is 0 Å². The Kier molecular flexibility index (Phi) is 8.23. The number of ether oxygens (including phenoxy) is 1. The second-order valence-corrected chi connectivity index (χ2v) is 3.71. The van der Waals surface area contributed by atoms with Crippen LogP contribution in [-0.2, 0) is 0 Å². The Hall–Kier alpha value is -1.86. The molecule has 0 amide bonds. The summed E-state index contributed by atoms with van der Waals surface area (Å²) in [6, 6.07) is 7.33. The van der Waals surface area contributed by atoms with Crippen molar-refractivity contribution in [2.45, 2.75) is 6.92 Å². The average Bonchev–Trinajstić information content (AvgIpc) is 2.37. The molecule has 7 nitrogen and oxygen atoms in total. The molecule has 0 aliphatic carbocycles. The normalized spacial score (nSPS) is 9.58. The van der Waals surface area contributed by atoms with Crippen LogP contribution in [0.4, 0.5) is 5.69 Å². The molecule has 0 atom stereocenters. The lowest BCUT2D eigenvalue weighted by Crippen LogP contribution is -2.28. The fourth-order valence-electron chi connectivity index (χ4n) is 1.61. The molecule has 7 heteroatoms. The molecule has 0 bridgehead atoms. The second-order valence-electron chi connectivity index (χ2n) is 3.71. The highest BCUT2D eigenvalue weighted by molar-refractivity contribution is 5.50. The summed E-state index contributed by atoms with van der Waals surface area (Å²) in [7, 11) is 0. The highest BCUT2D eigenvalue weighted by atomic mass is 16.6. The van der Waals surface area contributed by atoms with E-state index in [1.165, 1.54) is 0 Å². The summed E-state index contributed by atoms with van der Waals surface area (Å²) in [4.78, 5) is 12.0. The zero-order valence-electron chi connectivity index (χ0n) is 10.9. The van der Waals surface area contributed by atoms with Crippen molar-refractivity contribution in [2.24, 2.45) is 0 Å². The number of rotatable bonds is 8. The van der Waals surface area contributed by atoms with E-state index in [-0.39, 0.29) is 30.2 Å². The topological polar surface area (TPSA) is 107 Å². The third kappa shape index (κ3) is 6.03. The van der Waals surface area contributed by atoms with Crippen LogP contribution in [0.5, 0.6) is 5.75 Å². The second kappa shape index (κ2) is 9.12. The standard InChI is InChI=1S/C12H18N2O4.H2O/c1-2-13(6-7-14(16)17)11-4-3-5-12(10-11)18-9-8-15;/h3-5,10,15H,2,6-9H2,1H3;1H2. The number of nitro groups is 1. The Morgan fingerprint density at radius 3 is 2.79 bits per heavy atom. The summed E-state index contributed by atoms with van der Waals surface area (Å²) >= 11 is 0. The number of benzene rings is 1. The molecule has 0 saturated carbocycles. The number of nitrogens with zero attached hydrogens (tertiary/aromatic N) is 2. The maximum atomic E-state index is 10.4. The molecule has 0 aromatic heterocycles. The van der Waals surface area contributed by atoms with Gasteiger partial charge in [0.05, 0.1) is 13.2 Å². The van der Waals surface area contributed by atoms with Crippen LogP contribution in [0.15, 0.2) is 24.3 Å². The van der Waals surface area contributed by atoms with Crippen LogP contribution in [-0.4, -0.2) is 48.4 Å². The molecule has 3 N–H and O–H groups in total. The molecule has 19 heavy (non-hydrogen) atoms. The zero-order valence-corrected chi connectivity index (χ0v) is 10.9. The summed E-state index contributed by atoms with van der Waals surface area (Å²) in [5.41, 5.74) is 0.884. The Morgan fingerprint density at radius 1 is 1.47 bits per heavy atom. The van der Waals surface area contributed by atoms with Crippen LogP contribution >= 0.6 is 0 Å². The maximum Gasteiger partial charge on any atom is 0.221 e. The number of hydrogen-bond acceptors (Lipinski definition) is 5. The molecule has 1 rings (SSSR count). The molecular formula is C12H20N2O5. The Bertz CT molecular complexity index is 386. The van der Waals surface area contributed by atoms with Gasteiger partial charge in [0, 0.05) is 23.2 Å². The van der Waals surface area contributed by atoms with E-state index in [4.69, 9.17) is 9.84 Å². The van der Waals surface area contributed by atoms with Gasteiger partial charge in [-0.25, -0.2) is 0 Å². The molecule has 0 unspecified atom stereocenters. The first kappa shape index (κ1) is 17.1. The molecule has 0 spiro atoms. The number of aliphatic hydroxyl groups excluding tert-OH is 1. The minimum atomic E-state index is -0.325. The van der Waals surface area contributed by atoms with E-state index >= 15 is 0 Å². The molecule has 1 aromatic carbocycles. The van der Waals surface area contributed by atoms with E-state index in [1.807, 2.05) is 30.0 Å². The van der Waals surface area contributed by atoms with Crippen molar-refractivity contribution >= 4 is 5.69 Å². The largest absolute Gasteiger partial charge is 0.491 e. The average molecular weight is 272 g/mol. The van der Waals surface area contributed by atoms with Crippen LogP contribution in [0.2, 0.25) is 0 Å². The van der Waals surface area contributed by atoms with Crippen molar-refractivity contribution < 1.29 is 20.2 Å². The summed E-state index contributed by atoms with van der Waals surface area (Å²) < 4.78 is 5.31. The van der Waals surface area contributed by atoms with Crippen LogP contribution in [0.25, 0.3) is 0 Å². The Balaban J connectivity index is 0.00000324. The van der Waals surface area contributed by atoms with Crippen molar-refractivity contribution in [3.05, 3.63) is 34.4 Å². The smallest absolute Gasteiger partial charge is 0.221 e. The van der Waals surface area contributed by atoms with Crippen molar-refractivity contribution in [1.82, 2.24) is 0 Å². The lowest BCUT2D eigenvalue weighted by atomic mass is 10.2. The quantitative estimate of drug-likeness (QED) is 0.542. The Morgan fingerprint density at radius 2 is 2.21 bits per heavy atom. The molecular weight excluding hydrogens is 252 g/mol. The van der Waals surface area contributed by atoms with Gasteiger partial charge in [0.15, 0.2) is 0 Å². The van der Waals surface area contributed by atoms with Crippen molar-refractivity contribution in [1.29, 1.82) is 0 Å². The molecule has 0 aliphatic heterocycles. The van der Waals surface area contributed by atoms with Crippen molar-refractivity contribution in [3.63, 3.8) is 0 Å². The van der Waals surface area contributed by atoms with Gasteiger partial charge in [-0.2, -0.15) is 0 Å². The minimum Gasteiger partial charge on any atom is -0.491 e. The zero-order chi connectivity index (χ0) is 13.4. The van der Waals surface area contributed by atoms with Gasteiger partial charge in [-0.3, -0.25) is 10.1 Å². The fourth-order valence-corrected chi connectivity index (χ4v) is 1.61. The van der Waals surface area contributed by atoms with Crippen LogP contribution < -0.4 is 9.64 Å². The fraction of sp³-hybridized carbons (Fsp3) is 0.500. The third-order valence-corrected chi connectivity index (χ3v) is 2.48. The molecule has 1 aromatic rings. The summed E-state index contributed by atoms with van der Waals surface area (Å²) in [6.45, 7) is 3.12. The molecule has 0 saturated heterocycles. The minimum absolute atomic E-state index is 0. The Labute approximate surface area is 111 Å². The first-order valence-corrected chi connectivity index (χ1v) is 5.87. The van der Waals surface area contributed by atoms with E-state index in [9.17, 15) is 10.1 Å².